The van der Waals surface area contributed by atoms with Crippen LogP contribution < -0.4 is 5.73 Å². The first-order valence-corrected chi connectivity index (χ1v) is 3.59. The van der Waals surface area contributed by atoms with Crippen molar-refractivity contribution in [1.29, 1.82) is 0 Å². The average molecular weight is 149 g/mol. The fourth-order valence-electron chi connectivity index (χ4n) is 0. The predicted octanol–water partition coefficient (Wildman–Crippen LogP) is 0.103. The van der Waals surface area contributed by atoms with Crippen LogP contribution in [0.5, 0.6) is 0 Å². The predicted molar refractivity (Wildman–Crippen MR) is 42.7 cm³/mol. The summed E-state index contributed by atoms with van der Waals surface area (Å²) in [6, 6.07) is -0.0602. The van der Waals surface area contributed by atoms with Crippen LogP contribution in [0.2, 0.25) is 0 Å². The Hall–Kier alpha value is -0.120. The van der Waals surface area contributed by atoms with E-state index in [-0.39, 0.29) is 18.8 Å². The van der Waals surface area contributed by atoms with Gasteiger partial charge < -0.3 is 15.9 Å². The average Bonchev–Trinajstić information content (AvgIpc) is 1.89. The van der Waals surface area contributed by atoms with Gasteiger partial charge in [0.05, 0.1) is 12.7 Å². The Bertz CT molecular complexity index is 47.6. The summed E-state index contributed by atoms with van der Waals surface area (Å²) < 4.78 is 0. The molecule has 0 fully saturated rings. The molecule has 0 aromatic rings. The zero-order valence-corrected chi connectivity index (χ0v) is 7.04. The molecule has 0 rings (SSSR count). The molecule has 2 unspecified atom stereocenters. The fourth-order valence-corrected chi connectivity index (χ4v) is 0. The summed E-state index contributed by atoms with van der Waals surface area (Å²) in [4.78, 5) is 0. The van der Waals surface area contributed by atoms with Crippen molar-refractivity contribution >= 4 is 0 Å². The molecule has 0 aromatic carbocycles. The molecular weight excluding hydrogens is 130 g/mol. The summed E-state index contributed by atoms with van der Waals surface area (Å²) in [5.74, 6) is 0. The van der Waals surface area contributed by atoms with Crippen LogP contribution in [0.1, 0.15) is 27.2 Å². The molecule has 0 saturated heterocycles. The second kappa shape index (κ2) is 8.88. The summed E-state index contributed by atoms with van der Waals surface area (Å²) in [6.45, 7) is 5.56. The zero-order valence-electron chi connectivity index (χ0n) is 7.04. The van der Waals surface area contributed by atoms with Gasteiger partial charge in [-0.2, -0.15) is 0 Å². The van der Waals surface area contributed by atoms with Gasteiger partial charge in [0.2, 0.25) is 0 Å². The van der Waals surface area contributed by atoms with E-state index in [2.05, 4.69) is 0 Å². The van der Waals surface area contributed by atoms with Crippen LogP contribution in [-0.2, 0) is 0 Å². The second-order valence-corrected chi connectivity index (χ2v) is 2.42. The Kier molecular flexibility index (Phi) is 11.1. The molecule has 0 aromatic heterocycles. The lowest BCUT2D eigenvalue weighted by Gasteiger charge is -1.91. The molecule has 3 nitrogen and oxygen atoms in total. The minimum absolute atomic E-state index is 0.0602. The van der Waals surface area contributed by atoms with Crippen LogP contribution in [0, 0.1) is 0 Å². The Morgan fingerprint density at radius 2 is 1.60 bits per heavy atom. The lowest BCUT2D eigenvalue weighted by molar-refractivity contribution is 0.191. The Morgan fingerprint density at radius 1 is 1.40 bits per heavy atom. The summed E-state index contributed by atoms with van der Waals surface area (Å²) >= 11 is 0. The highest BCUT2D eigenvalue weighted by atomic mass is 16.3. The van der Waals surface area contributed by atoms with Crippen molar-refractivity contribution < 1.29 is 10.2 Å². The van der Waals surface area contributed by atoms with Crippen LogP contribution in [0.25, 0.3) is 0 Å². The molecule has 0 heterocycles. The maximum atomic E-state index is 8.36. The van der Waals surface area contributed by atoms with Crippen molar-refractivity contribution in [3.05, 3.63) is 0 Å². The van der Waals surface area contributed by atoms with E-state index in [1.165, 1.54) is 0 Å². The summed E-state index contributed by atoms with van der Waals surface area (Å²) in [7, 11) is 0. The lowest BCUT2D eigenvalue weighted by Crippen LogP contribution is -2.18. The van der Waals surface area contributed by atoms with Crippen molar-refractivity contribution in [1.82, 2.24) is 0 Å². The largest absolute Gasteiger partial charge is 0.395 e. The third-order valence-corrected chi connectivity index (χ3v) is 0.879. The number of aliphatic hydroxyl groups is 2. The molecule has 0 aliphatic carbocycles. The van der Waals surface area contributed by atoms with Gasteiger partial charge >= 0.3 is 0 Å². The van der Waals surface area contributed by atoms with Crippen LogP contribution in [0.15, 0.2) is 0 Å². The molecule has 64 valence electrons. The highest BCUT2D eigenvalue weighted by Gasteiger charge is 1.81. The van der Waals surface area contributed by atoms with E-state index in [9.17, 15) is 0 Å². The molecule has 0 radical (unpaired) electrons. The van der Waals surface area contributed by atoms with Crippen molar-refractivity contribution in [3.63, 3.8) is 0 Å². The monoisotopic (exact) mass is 149 g/mol. The summed E-state index contributed by atoms with van der Waals surface area (Å²) in [5.41, 5.74) is 5.04. The quantitative estimate of drug-likeness (QED) is 0.522. The van der Waals surface area contributed by atoms with Gasteiger partial charge in [0, 0.05) is 6.04 Å². The molecule has 2 atom stereocenters. The van der Waals surface area contributed by atoms with E-state index in [1.807, 2.05) is 6.92 Å². The first kappa shape index (κ1) is 12.5. The van der Waals surface area contributed by atoms with Crippen molar-refractivity contribution in [2.45, 2.75) is 39.3 Å². The third-order valence-electron chi connectivity index (χ3n) is 0.879. The standard InChI is InChI=1S/C4H10O.C3H9NO/c1-3-4(2)5;1-3(4)2-5/h4-5H,3H2,1-2H3;3,5H,2,4H2,1H3. The van der Waals surface area contributed by atoms with E-state index < -0.39 is 0 Å². The van der Waals surface area contributed by atoms with Gasteiger partial charge in [0.1, 0.15) is 0 Å². The van der Waals surface area contributed by atoms with Gasteiger partial charge in [-0.25, -0.2) is 0 Å². The van der Waals surface area contributed by atoms with Gasteiger partial charge in [0.15, 0.2) is 0 Å². The topological polar surface area (TPSA) is 66.5 Å². The van der Waals surface area contributed by atoms with Gasteiger partial charge in [-0.05, 0) is 20.3 Å². The molecule has 3 heteroatoms. The van der Waals surface area contributed by atoms with E-state index in [0.717, 1.165) is 6.42 Å². The second-order valence-electron chi connectivity index (χ2n) is 2.42. The molecule has 0 bridgehead atoms. The van der Waals surface area contributed by atoms with Crippen molar-refractivity contribution in [2.75, 3.05) is 6.61 Å². The molecule has 0 saturated carbocycles. The van der Waals surface area contributed by atoms with E-state index in [1.54, 1.807) is 13.8 Å². The third kappa shape index (κ3) is 24.8. The van der Waals surface area contributed by atoms with Crippen molar-refractivity contribution in [3.8, 4) is 0 Å². The van der Waals surface area contributed by atoms with Gasteiger partial charge in [-0.3, -0.25) is 0 Å². The maximum Gasteiger partial charge on any atom is 0.0579 e. The number of rotatable bonds is 2. The van der Waals surface area contributed by atoms with Gasteiger partial charge in [0.25, 0.3) is 0 Å². The summed E-state index contributed by atoms with van der Waals surface area (Å²) in [5, 5.41) is 16.4. The number of hydrogen-bond donors (Lipinski definition) is 3. The van der Waals surface area contributed by atoms with Crippen LogP contribution in [0.3, 0.4) is 0 Å². The van der Waals surface area contributed by atoms with Gasteiger partial charge in [-0.15, -0.1) is 0 Å². The molecule has 10 heavy (non-hydrogen) atoms. The van der Waals surface area contributed by atoms with Gasteiger partial charge in [-0.1, -0.05) is 6.92 Å². The Morgan fingerprint density at radius 3 is 1.60 bits per heavy atom. The Labute approximate surface area is 62.9 Å². The Balaban J connectivity index is 0. The smallest absolute Gasteiger partial charge is 0.0579 e. The highest BCUT2D eigenvalue weighted by Crippen LogP contribution is 1.81. The number of nitrogens with two attached hydrogens (primary N) is 1. The van der Waals surface area contributed by atoms with E-state index in [0.29, 0.717) is 0 Å². The molecule has 4 N–H and O–H groups in total. The normalized spacial score (nSPS) is 15.0. The first-order valence-electron chi connectivity index (χ1n) is 3.59. The van der Waals surface area contributed by atoms with Crippen LogP contribution in [0.4, 0.5) is 0 Å². The van der Waals surface area contributed by atoms with Crippen LogP contribution >= 0.6 is 0 Å². The SMILES string of the molecule is CC(N)CO.CCC(C)O. The fraction of sp³-hybridized carbons (Fsp3) is 1.00. The van der Waals surface area contributed by atoms with Crippen molar-refractivity contribution in [2.24, 2.45) is 5.73 Å². The minimum atomic E-state index is -0.116. The minimum Gasteiger partial charge on any atom is -0.395 e. The first-order chi connectivity index (χ1) is 4.54. The molecule has 0 aliphatic rings. The molecule has 0 spiro atoms. The zero-order chi connectivity index (χ0) is 8.57. The lowest BCUT2D eigenvalue weighted by atomic mass is 10.3. The molecule has 0 aliphatic heterocycles. The number of aliphatic hydroxyl groups excluding tert-OH is 2. The van der Waals surface area contributed by atoms with Crippen LogP contribution in [-0.4, -0.2) is 29.0 Å². The van der Waals surface area contributed by atoms with E-state index >= 15 is 0 Å². The van der Waals surface area contributed by atoms with E-state index in [4.69, 9.17) is 15.9 Å². The highest BCUT2D eigenvalue weighted by molar-refractivity contribution is 4.43. The molecule has 0 amide bonds. The molecular formula is C7H19NO2. The number of hydrogen-bond acceptors (Lipinski definition) is 3. The maximum absolute atomic E-state index is 8.36. The summed E-state index contributed by atoms with van der Waals surface area (Å²) in [6.07, 6.45) is 0.745.